The molecule has 0 saturated heterocycles. The molecule has 0 aliphatic heterocycles. The topological polar surface area (TPSA) is 108 Å². The third kappa shape index (κ3) is 3.48. The summed E-state index contributed by atoms with van der Waals surface area (Å²) in [6.07, 6.45) is 1.82. The molecule has 0 aliphatic rings. The molecule has 1 atom stereocenters. The fourth-order valence-corrected chi connectivity index (χ4v) is 3.43. The molecule has 0 radical (unpaired) electrons. The predicted octanol–water partition coefficient (Wildman–Crippen LogP) is 4.21. The number of benzene rings is 2. The van der Waals surface area contributed by atoms with Crippen LogP contribution >= 0.6 is 11.8 Å². The monoisotopic (exact) mass is 389 g/mol. The van der Waals surface area contributed by atoms with Gasteiger partial charge < -0.3 is 14.7 Å². The van der Waals surface area contributed by atoms with E-state index in [4.69, 9.17) is 9.68 Å². The van der Waals surface area contributed by atoms with E-state index in [2.05, 4.69) is 26.6 Å². The second-order valence-electron chi connectivity index (χ2n) is 6.03. The molecular weight excluding hydrogens is 374 g/mol. The standard InChI is InChI=1S/C20H15N5O2S/c1-12(18(26)23-16-8-4-2-6-13(16)10-21)28-20-25-24-19(27-20)15-11-22-17-9-5-3-7-14(15)17/h2-9,11-12,22H,1H3,(H,23,26)/t12-/m0/s1. The van der Waals surface area contributed by atoms with Crippen molar-refractivity contribution in [2.24, 2.45) is 0 Å². The summed E-state index contributed by atoms with van der Waals surface area (Å²) in [5.74, 6) is 0.141. The van der Waals surface area contributed by atoms with Gasteiger partial charge in [0.2, 0.25) is 5.91 Å². The lowest BCUT2D eigenvalue weighted by atomic mass is 10.2. The first-order valence-electron chi connectivity index (χ1n) is 8.52. The number of hydrogen-bond acceptors (Lipinski definition) is 6. The van der Waals surface area contributed by atoms with Crippen LogP contribution in [0.4, 0.5) is 5.69 Å². The number of para-hydroxylation sites is 2. The van der Waals surface area contributed by atoms with Crippen molar-refractivity contribution in [3.63, 3.8) is 0 Å². The van der Waals surface area contributed by atoms with E-state index < -0.39 is 5.25 Å². The number of carbonyl (C=O) groups excluding carboxylic acids is 1. The average molecular weight is 389 g/mol. The summed E-state index contributed by atoms with van der Waals surface area (Å²) in [6, 6.07) is 16.7. The number of thioether (sulfide) groups is 1. The Balaban J connectivity index is 1.48. The lowest BCUT2D eigenvalue weighted by Gasteiger charge is -2.10. The third-order valence-electron chi connectivity index (χ3n) is 4.18. The predicted molar refractivity (Wildman–Crippen MR) is 107 cm³/mol. The van der Waals surface area contributed by atoms with E-state index in [1.807, 2.05) is 30.5 Å². The molecule has 0 aliphatic carbocycles. The van der Waals surface area contributed by atoms with E-state index in [1.165, 1.54) is 0 Å². The van der Waals surface area contributed by atoms with Crippen LogP contribution in [-0.2, 0) is 4.79 Å². The molecule has 2 heterocycles. The number of nitrogens with zero attached hydrogens (tertiary/aromatic N) is 3. The Morgan fingerprint density at radius 1 is 1.21 bits per heavy atom. The second-order valence-corrected chi connectivity index (χ2v) is 7.32. The molecule has 28 heavy (non-hydrogen) atoms. The largest absolute Gasteiger partial charge is 0.411 e. The summed E-state index contributed by atoms with van der Waals surface area (Å²) in [6.45, 7) is 1.74. The van der Waals surface area contributed by atoms with Crippen LogP contribution in [0.2, 0.25) is 0 Å². The average Bonchev–Trinajstić information content (AvgIpc) is 3.35. The van der Waals surface area contributed by atoms with Gasteiger partial charge in [0.25, 0.3) is 11.1 Å². The van der Waals surface area contributed by atoms with Gasteiger partial charge in [0, 0.05) is 17.1 Å². The molecule has 0 bridgehead atoms. The molecule has 0 saturated carbocycles. The molecule has 1 amide bonds. The Kier molecular flexibility index (Phi) is 4.83. The van der Waals surface area contributed by atoms with Crippen LogP contribution in [0.15, 0.2) is 64.4 Å². The van der Waals surface area contributed by atoms with Crippen LogP contribution in [-0.4, -0.2) is 26.3 Å². The summed E-state index contributed by atoms with van der Waals surface area (Å²) in [5.41, 5.74) is 2.68. The van der Waals surface area contributed by atoms with Gasteiger partial charge in [-0.15, -0.1) is 10.2 Å². The summed E-state index contributed by atoms with van der Waals surface area (Å²) < 4.78 is 5.74. The summed E-state index contributed by atoms with van der Waals surface area (Å²) in [4.78, 5) is 15.6. The minimum absolute atomic E-state index is 0.250. The highest BCUT2D eigenvalue weighted by molar-refractivity contribution is 8.00. The number of hydrogen-bond donors (Lipinski definition) is 2. The van der Waals surface area contributed by atoms with Crippen LogP contribution in [0.25, 0.3) is 22.4 Å². The Bertz CT molecular complexity index is 1190. The van der Waals surface area contributed by atoms with E-state index in [9.17, 15) is 4.79 Å². The minimum Gasteiger partial charge on any atom is -0.411 e. The number of nitrogens with one attached hydrogen (secondary N) is 2. The van der Waals surface area contributed by atoms with Gasteiger partial charge in [-0.25, -0.2) is 0 Å². The van der Waals surface area contributed by atoms with Gasteiger partial charge >= 0.3 is 0 Å². The van der Waals surface area contributed by atoms with Gasteiger partial charge in [-0.05, 0) is 25.1 Å². The molecule has 8 heteroatoms. The van der Waals surface area contributed by atoms with Crippen molar-refractivity contribution in [2.75, 3.05) is 5.32 Å². The highest BCUT2D eigenvalue weighted by Gasteiger charge is 2.20. The van der Waals surface area contributed by atoms with E-state index in [1.54, 1.807) is 31.2 Å². The Labute approximate surface area is 164 Å². The second kappa shape index (κ2) is 7.58. The molecule has 2 N–H and O–H groups in total. The van der Waals surface area contributed by atoms with Gasteiger partial charge in [-0.2, -0.15) is 5.26 Å². The molecule has 138 valence electrons. The Hall–Kier alpha value is -3.57. The van der Waals surface area contributed by atoms with Crippen molar-refractivity contribution >= 4 is 34.3 Å². The fraction of sp³-hybridized carbons (Fsp3) is 0.100. The van der Waals surface area contributed by atoms with Gasteiger partial charge in [-0.3, -0.25) is 4.79 Å². The molecular formula is C20H15N5O2S. The summed E-state index contributed by atoms with van der Waals surface area (Å²) >= 11 is 1.16. The fourth-order valence-electron chi connectivity index (χ4n) is 2.74. The van der Waals surface area contributed by atoms with Crippen LogP contribution in [0.5, 0.6) is 0 Å². The number of rotatable bonds is 5. The molecule has 4 aromatic rings. The molecule has 4 rings (SSSR count). The highest BCUT2D eigenvalue weighted by Crippen LogP contribution is 2.31. The molecule has 0 spiro atoms. The number of anilines is 1. The SMILES string of the molecule is C[C@H](Sc1nnc(-c2c[nH]c3ccccc23)o1)C(=O)Nc1ccccc1C#N. The number of H-pyrrole nitrogens is 1. The molecule has 0 fully saturated rings. The Morgan fingerprint density at radius 3 is 2.86 bits per heavy atom. The zero-order valence-corrected chi connectivity index (χ0v) is 15.7. The summed E-state index contributed by atoms with van der Waals surface area (Å²) in [5, 5.41) is 20.8. The van der Waals surface area contributed by atoms with Crippen LogP contribution in [0, 0.1) is 11.3 Å². The van der Waals surface area contributed by atoms with Crippen molar-refractivity contribution in [2.45, 2.75) is 17.4 Å². The van der Waals surface area contributed by atoms with Gasteiger partial charge in [-0.1, -0.05) is 42.1 Å². The highest BCUT2D eigenvalue weighted by atomic mass is 32.2. The summed E-state index contributed by atoms with van der Waals surface area (Å²) in [7, 11) is 0. The van der Waals surface area contributed by atoms with E-state index in [0.29, 0.717) is 22.4 Å². The zero-order chi connectivity index (χ0) is 19.5. The van der Waals surface area contributed by atoms with Crippen molar-refractivity contribution in [3.05, 3.63) is 60.3 Å². The Morgan fingerprint density at radius 2 is 2.00 bits per heavy atom. The van der Waals surface area contributed by atoms with Gasteiger partial charge in [0.15, 0.2) is 0 Å². The van der Waals surface area contributed by atoms with Crippen molar-refractivity contribution in [1.82, 2.24) is 15.2 Å². The lowest BCUT2D eigenvalue weighted by molar-refractivity contribution is -0.115. The number of aromatic nitrogens is 3. The first-order valence-corrected chi connectivity index (χ1v) is 9.40. The van der Waals surface area contributed by atoms with Crippen LogP contribution in [0.1, 0.15) is 12.5 Å². The number of fused-ring (bicyclic) bond motifs is 1. The lowest BCUT2D eigenvalue weighted by Crippen LogP contribution is -2.22. The first kappa shape index (κ1) is 17.8. The zero-order valence-electron chi connectivity index (χ0n) is 14.8. The van der Waals surface area contributed by atoms with Gasteiger partial charge in [0.1, 0.15) is 6.07 Å². The van der Waals surface area contributed by atoms with E-state index in [0.717, 1.165) is 28.2 Å². The first-order chi connectivity index (χ1) is 13.7. The maximum absolute atomic E-state index is 12.5. The van der Waals surface area contributed by atoms with Crippen LogP contribution in [0.3, 0.4) is 0 Å². The number of nitriles is 1. The molecule has 2 aromatic heterocycles. The molecule has 2 aromatic carbocycles. The number of carbonyl (C=O) groups is 1. The number of amides is 1. The van der Waals surface area contributed by atoms with Crippen molar-refractivity contribution in [1.29, 1.82) is 5.26 Å². The molecule has 7 nitrogen and oxygen atoms in total. The number of aromatic amines is 1. The molecule has 0 unspecified atom stereocenters. The van der Waals surface area contributed by atoms with E-state index >= 15 is 0 Å². The van der Waals surface area contributed by atoms with Crippen molar-refractivity contribution in [3.8, 4) is 17.5 Å². The van der Waals surface area contributed by atoms with Crippen molar-refractivity contribution < 1.29 is 9.21 Å². The van der Waals surface area contributed by atoms with Gasteiger partial charge in [0.05, 0.1) is 22.1 Å². The minimum atomic E-state index is -0.483. The third-order valence-corrected chi connectivity index (χ3v) is 5.11. The van der Waals surface area contributed by atoms with E-state index in [-0.39, 0.29) is 5.91 Å². The normalized spacial score (nSPS) is 11.9. The van der Waals surface area contributed by atoms with Crippen LogP contribution < -0.4 is 5.32 Å². The quantitative estimate of drug-likeness (QED) is 0.495. The maximum Gasteiger partial charge on any atom is 0.277 e. The maximum atomic E-state index is 12.5. The smallest absolute Gasteiger partial charge is 0.277 e.